The Labute approximate surface area is 111 Å². The largest absolute Gasteiger partial charge is 0.462 e. The van der Waals surface area contributed by atoms with Crippen LogP contribution in [0.3, 0.4) is 0 Å². The molecule has 0 bridgehead atoms. The molecular weight excluding hydrogens is 240 g/mol. The molecule has 96 valence electrons. The molecule has 2 aromatic rings. The first-order chi connectivity index (χ1) is 9.29. The summed E-state index contributed by atoms with van der Waals surface area (Å²) in [5.74, 6) is -0.325. The molecule has 0 aliphatic heterocycles. The van der Waals surface area contributed by atoms with Gasteiger partial charge in [0.15, 0.2) is 0 Å². The minimum Gasteiger partial charge on any atom is -0.462 e. The molecule has 0 aliphatic carbocycles. The van der Waals surface area contributed by atoms with Gasteiger partial charge in [-0.25, -0.2) is 4.79 Å². The van der Waals surface area contributed by atoms with Crippen LogP contribution in [0.1, 0.15) is 17.3 Å². The van der Waals surface area contributed by atoms with Gasteiger partial charge in [-0.05, 0) is 43.3 Å². The number of carbonyl (C=O) groups excluding carboxylic acids is 1. The van der Waals surface area contributed by atoms with E-state index >= 15 is 0 Å². The fourth-order valence-electron chi connectivity index (χ4n) is 1.49. The Morgan fingerprint density at radius 3 is 2.11 bits per heavy atom. The first-order valence-corrected chi connectivity index (χ1v) is 6.03. The number of hydrogen-bond acceptors (Lipinski definition) is 4. The monoisotopic (exact) mass is 254 g/mol. The number of rotatable bonds is 4. The zero-order valence-electron chi connectivity index (χ0n) is 10.6. The molecule has 0 radical (unpaired) electrons. The summed E-state index contributed by atoms with van der Waals surface area (Å²) in [6.45, 7) is 2.15. The summed E-state index contributed by atoms with van der Waals surface area (Å²) >= 11 is 0. The van der Waals surface area contributed by atoms with Crippen molar-refractivity contribution in [3.8, 4) is 0 Å². The Bertz CT molecular complexity index is 562. The molecular formula is C15H14N2O2. The minimum atomic E-state index is -0.325. The Morgan fingerprint density at radius 1 is 0.947 bits per heavy atom. The SMILES string of the molecule is CCOC(=O)c1ccc(N=Nc2ccccc2)cc1. The molecule has 4 nitrogen and oxygen atoms in total. The van der Waals surface area contributed by atoms with Crippen molar-refractivity contribution in [1.29, 1.82) is 0 Å². The van der Waals surface area contributed by atoms with E-state index < -0.39 is 0 Å². The van der Waals surface area contributed by atoms with Crippen molar-refractivity contribution < 1.29 is 9.53 Å². The van der Waals surface area contributed by atoms with Gasteiger partial charge in [0, 0.05) is 0 Å². The van der Waals surface area contributed by atoms with Crippen molar-refractivity contribution in [2.45, 2.75) is 6.92 Å². The van der Waals surface area contributed by atoms with Crippen LogP contribution in [-0.2, 0) is 4.74 Å². The fourth-order valence-corrected chi connectivity index (χ4v) is 1.49. The maximum atomic E-state index is 11.5. The van der Waals surface area contributed by atoms with Crippen LogP contribution in [-0.4, -0.2) is 12.6 Å². The minimum absolute atomic E-state index is 0.325. The Kier molecular flexibility index (Phi) is 4.39. The van der Waals surface area contributed by atoms with Gasteiger partial charge < -0.3 is 4.74 Å². The average molecular weight is 254 g/mol. The molecule has 0 N–H and O–H groups in total. The molecule has 4 heteroatoms. The van der Waals surface area contributed by atoms with E-state index in [1.165, 1.54) is 0 Å². The van der Waals surface area contributed by atoms with Crippen molar-refractivity contribution in [3.05, 3.63) is 60.2 Å². The van der Waals surface area contributed by atoms with Gasteiger partial charge in [-0.2, -0.15) is 10.2 Å². The number of esters is 1. The molecule has 2 aromatic carbocycles. The zero-order valence-corrected chi connectivity index (χ0v) is 10.6. The lowest BCUT2D eigenvalue weighted by Gasteiger charge is -2.01. The molecule has 2 rings (SSSR count). The van der Waals surface area contributed by atoms with Crippen LogP contribution in [0.25, 0.3) is 0 Å². The second-order valence-corrected chi connectivity index (χ2v) is 3.80. The van der Waals surface area contributed by atoms with E-state index in [1.807, 2.05) is 30.3 Å². The maximum absolute atomic E-state index is 11.5. The number of benzene rings is 2. The van der Waals surface area contributed by atoms with Gasteiger partial charge >= 0.3 is 5.97 Å². The quantitative estimate of drug-likeness (QED) is 0.604. The molecule has 0 atom stereocenters. The second-order valence-electron chi connectivity index (χ2n) is 3.80. The summed E-state index contributed by atoms with van der Waals surface area (Å²) in [6, 6.07) is 16.3. The van der Waals surface area contributed by atoms with Crippen LogP contribution in [0.15, 0.2) is 64.8 Å². The summed E-state index contributed by atoms with van der Waals surface area (Å²) in [4.78, 5) is 11.5. The summed E-state index contributed by atoms with van der Waals surface area (Å²) in [5.41, 5.74) is 1.99. The number of nitrogens with zero attached hydrogens (tertiary/aromatic N) is 2. The first kappa shape index (κ1) is 13.0. The topological polar surface area (TPSA) is 51.0 Å². The standard InChI is InChI=1S/C15H14N2O2/c1-2-19-15(18)12-8-10-14(11-9-12)17-16-13-6-4-3-5-7-13/h3-11H,2H2,1H3. The van der Waals surface area contributed by atoms with Crippen LogP contribution >= 0.6 is 0 Å². The fraction of sp³-hybridized carbons (Fsp3) is 0.133. The van der Waals surface area contributed by atoms with Gasteiger partial charge in [-0.15, -0.1) is 0 Å². The molecule has 0 aliphatic rings. The summed E-state index contributed by atoms with van der Waals surface area (Å²) in [5, 5.41) is 8.19. The maximum Gasteiger partial charge on any atom is 0.338 e. The van der Waals surface area contributed by atoms with E-state index in [9.17, 15) is 4.79 Å². The van der Waals surface area contributed by atoms with Crippen LogP contribution < -0.4 is 0 Å². The molecule has 19 heavy (non-hydrogen) atoms. The van der Waals surface area contributed by atoms with Gasteiger partial charge in [0.2, 0.25) is 0 Å². The highest BCUT2D eigenvalue weighted by atomic mass is 16.5. The van der Waals surface area contributed by atoms with E-state index in [0.717, 1.165) is 5.69 Å². The Hall–Kier alpha value is -2.49. The number of ether oxygens (including phenoxy) is 1. The number of azo groups is 1. The van der Waals surface area contributed by atoms with Crippen molar-refractivity contribution in [3.63, 3.8) is 0 Å². The molecule has 0 saturated heterocycles. The predicted molar refractivity (Wildman–Crippen MR) is 73.0 cm³/mol. The van der Waals surface area contributed by atoms with E-state index in [0.29, 0.717) is 17.9 Å². The molecule has 0 heterocycles. The van der Waals surface area contributed by atoms with Crippen LogP contribution in [0, 0.1) is 0 Å². The molecule has 0 aromatic heterocycles. The van der Waals surface area contributed by atoms with Gasteiger partial charge in [0.25, 0.3) is 0 Å². The average Bonchev–Trinajstić information content (AvgIpc) is 2.47. The van der Waals surface area contributed by atoms with Crippen LogP contribution in [0.2, 0.25) is 0 Å². The zero-order chi connectivity index (χ0) is 13.5. The van der Waals surface area contributed by atoms with Gasteiger partial charge in [0.1, 0.15) is 0 Å². The molecule has 0 amide bonds. The normalized spacial score (nSPS) is 10.6. The van der Waals surface area contributed by atoms with E-state index in [4.69, 9.17) is 4.74 Å². The summed E-state index contributed by atoms with van der Waals surface area (Å²) < 4.78 is 4.90. The third kappa shape index (κ3) is 3.74. The highest BCUT2D eigenvalue weighted by molar-refractivity contribution is 5.89. The summed E-state index contributed by atoms with van der Waals surface area (Å²) in [7, 11) is 0. The third-order valence-corrected chi connectivity index (χ3v) is 2.42. The van der Waals surface area contributed by atoms with E-state index in [1.54, 1.807) is 31.2 Å². The molecule has 0 unspecified atom stereocenters. The van der Waals surface area contributed by atoms with Crippen molar-refractivity contribution in [1.82, 2.24) is 0 Å². The third-order valence-electron chi connectivity index (χ3n) is 2.42. The smallest absolute Gasteiger partial charge is 0.338 e. The lowest BCUT2D eigenvalue weighted by atomic mass is 10.2. The van der Waals surface area contributed by atoms with E-state index in [-0.39, 0.29) is 5.97 Å². The highest BCUT2D eigenvalue weighted by Gasteiger charge is 2.04. The Morgan fingerprint density at radius 2 is 1.53 bits per heavy atom. The number of carbonyl (C=O) groups is 1. The van der Waals surface area contributed by atoms with Crippen molar-refractivity contribution in [2.24, 2.45) is 10.2 Å². The van der Waals surface area contributed by atoms with E-state index in [2.05, 4.69) is 10.2 Å². The molecule has 0 fully saturated rings. The van der Waals surface area contributed by atoms with Crippen LogP contribution in [0.5, 0.6) is 0 Å². The van der Waals surface area contributed by atoms with Crippen molar-refractivity contribution >= 4 is 17.3 Å². The highest BCUT2D eigenvalue weighted by Crippen LogP contribution is 2.18. The van der Waals surface area contributed by atoms with Gasteiger partial charge in [-0.1, -0.05) is 18.2 Å². The lowest BCUT2D eigenvalue weighted by molar-refractivity contribution is 0.0526. The predicted octanol–water partition coefficient (Wildman–Crippen LogP) is 4.28. The number of hydrogen-bond donors (Lipinski definition) is 0. The Balaban J connectivity index is 2.07. The molecule has 0 spiro atoms. The van der Waals surface area contributed by atoms with Gasteiger partial charge in [0.05, 0.1) is 23.5 Å². The summed E-state index contributed by atoms with van der Waals surface area (Å²) in [6.07, 6.45) is 0. The van der Waals surface area contributed by atoms with Crippen molar-refractivity contribution in [2.75, 3.05) is 6.61 Å². The van der Waals surface area contributed by atoms with Crippen LogP contribution in [0.4, 0.5) is 11.4 Å². The second kappa shape index (κ2) is 6.44. The first-order valence-electron chi connectivity index (χ1n) is 6.03. The van der Waals surface area contributed by atoms with Gasteiger partial charge in [-0.3, -0.25) is 0 Å². The molecule has 0 saturated carbocycles. The lowest BCUT2D eigenvalue weighted by Crippen LogP contribution is -2.03.